The number of hydrogen-bond acceptors (Lipinski definition) is 2. The fourth-order valence-corrected chi connectivity index (χ4v) is 2.60. The lowest BCUT2D eigenvalue weighted by Gasteiger charge is -2.42. The number of hydrogen-bond donors (Lipinski definition) is 1. The van der Waals surface area contributed by atoms with E-state index in [0.29, 0.717) is 12.0 Å². The Balaban J connectivity index is 4.76. The quantitative estimate of drug-likeness (QED) is 0.652. The van der Waals surface area contributed by atoms with Crippen LogP contribution in [-0.2, 0) is 4.74 Å². The van der Waals surface area contributed by atoms with Gasteiger partial charge in [-0.05, 0) is 38.6 Å². The highest BCUT2D eigenvalue weighted by atomic mass is 16.5. The molecule has 0 amide bonds. The van der Waals surface area contributed by atoms with Gasteiger partial charge in [-0.3, -0.25) is 0 Å². The third-order valence-corrected chi connectivity index (χ3v) is 3.48. The summed E-state index contributed by atoms with van der Waals surface area (Å²) in [7, 11) is 0. The predicted molar refractivity (Wildman–Crippen MR) is 71.9 cm³/mol. The molecule has 1 atom stereocenters. The summed E-state index contributed by atoms with van der Waals surface area (Å²) in [5.41, 5.74) is 0.0120. The van der Waals surface area contributed by atoms with E-state index >= 15 is 0 Å². The van der Waals surface area contributed by atoms with Crippen molar-refractivity contribution in [3.8, 4) is 0 Å². The zero-order chi connectivity index (χ0) is 12.6. The van der Waals surface area contributed by atoms with E-state index in [-0.39, 0.29) is 5.60 Å². The molecule has 0 spiro atoms. The van der Waals surface area contributed by atoms with Gasteiger partial charge in [0, 0.05) is 12.6 Å². The van der Waals surface area contributed by atoms with E-state index in [2.05, 4.69) is 46.9 Å². The fraction of sp³-hybridized carbons (Fsp3) is 1.00. The van der Waals surface area contributed by atoms with E-state index in [9.17, 15) is 0 Å². The zero-order valence-corrected chi connectivity index (χ0v) is 12.1. The van der Waals surface area contributed by atoms with E-state index in [1.807, 2.05) is 0 Å². The number of rotatable bonds is 9. The number of ether oxygens (including phenoxy) is 1. The molecule has 0 saturated carbocycles. The van der Waals surface area contributed by atoms with Crippen LogP contribution < -0.4 is 5.32 Å². The topological polar surface area (TPSA) is 21.3 Å². The third-order valence-electron chi connectivity index (χ3n) is 3.48. The summed E-state index contributed by atoms with van der Waals surface area (Å²) in [6, 6.07) is 0.461. The summed E-state index contributed by atoms with van der Waals surface area (Å²) < 4.78 is 6.09. The van der Waals surface area contributed by atoms with Gasteiger partial charge < -0.3 is 10.1 Å². The maximum atomic E-state index is 6.09. The van der Waals surface area contributed by atoms with Gasteiger partial charge in [-0.1, -0.05) is 34.6 Å². The molecule has 0 aromatic rings. The molecule has 0 radical (unpaired) electrons. The van der Waals surface area contributed by atoms with Crippen molar-refractivity contribution in [2.75, 3.05) is 13.2 Å². The maximum Gasteiger partial charge on any atom is 0.0831 e. The SMILES string of the molecule is CCCNC(C(C)C)C(CC)(CC)OCC. The van der Waals surface area contributed by atoms with Gasteiger partial charge in [-0.25, -0.2) is 0 Å². The Hall–Kier alpha value is -0.0800. The molecule has 0 rings (SSSR count). The van der Waals surface area contributed by atoms with Crippen molar-refractivity contribution in [2.45, 2.75) is 72.4 Å². The zero-order valence-electron chi connectivity index (χ0n) is 12.1. The molecule has 0 aliphatic heterocycles. The molecule has 0 fully saturated rings. The van der Waals surface area contributed by atoms with Crippen LogP contribution in [-0.4, -0.2) is 24.8 Å². The van der Waals surface area contributed by atoms with Crippen molar-refractivity contribution >= 4 is 0 Å². The van der Waals surface area contributed by atoms with Crippen LogP contribution in [0.1, 0.15) is 60.8 Å². The molecule has 0 aliphatic carbocycles. The van der Waals surface area contributed by atoms with Gasteiger partial charge in [0.15, 0.2) is 0 Å². The van der Waals surface area contributed by atoms with Crippen LogP contribution in [0.25, 0.3) is 0 Å². The average Bonchev–Trinajstić information content (AvgIpc) is 2.27. The fourth-order valence-electron chi connectivity index (χ4n) is 2.60. The van der Waals surface area contributed by atoms with Gasteiger partial charge in [0.2, 0.25) is 0 Å². The van der Waals surface area contributed by atoms with E-state index in [1.54, 1.807) is 0 Å². The first-order valence-corrected chi connectivity index (χ1v) is 6.95. The standard InChI is InChI=1S/C14H31NO/c1-7-11-15-13(12(5)6)14(8-2,9-3)16-10-4/h12-13,15H,7-11H2,1-6H3. The first-order valence-electron chi connectivity index (χ1n) is 6.95. The minimum atomic E-state index is 0.0120. The lowest BCUT2D eigenvalue weighted by molar-refractivity contribution is -0.0821. The average molecular weight is 229 g/mol. The van der Waals surface area contributed by atoms with Crippen molar-refractivity contribution in [1.82, 2.24) is 5.32 Å². The van der Waals surface area contributed by atoms with Gasteiger partial charge in [0.25, 0.3) is 0 Å². The molecular weight excluding hydrogens is 198 g/mol. The van der Waals surface area contributed by atoms with Crippen LogP contribution in [0.5, 0.6) is 0 Å². The second-order valence-electron chi connectivity index (χ2n) is 4.88. The molecule has 2 nitrogen and oxygen atoms in total. The largest absolute Gasteiger partial charge is 0.374 e. The smallest absolute Gasteiger partial charge is 0.0831 e. The van der Waals surface area contributed by atoms with Gasteiger partial charge >= 0.3 is 0 Å². The minimum Gasteiger partial charge on any atom is -0.374 e. The minimum absolute atomic E-state index is 0.0120. The van der Waals surface area contributed by atoms with Crippen molar-refractivity contribution in [3.05, 3.63) is 0 Å². The van der Waals surface area contributed by atoms with E-state index in [1.165, 1.54) is 6.42 Å². The van der Waals surface area contributed by atoms with Gasteiger partial charge in [-0.2, -0.15) is 0 Å². The third kappa shape index (κ3) is 4.06. The molecule has 98 valence electrons. The van der Waals surface area contributed by atoms with Gasteiger partial charge in [0.1, 0.15) is 0 Å². The molecule has 1 N–H and O–H groups in total. The lowest BCUT2D eigenvalue weighted by Crippen LogP contribution is -2.55. The summed E-state index contributed by atoms with van der Waals surface area (Å²) in [6.07, 6.45) is 3.34. The van der Waals surface area contributed by atoms with E-state index in [4.69, 9.17) is 4.74 Å². The predicted octanol–water partition coefficient (Wildman–Crippen LogP) is 3.61. The van der Waals surface area contributed by atoms with Gasteiger partial charge in [0.05, 0.1) is 5.60 Å². The molecule has 0 aliphatic rings. The van der Waals surface area contributed by atoms with E-state index < -0.39 is 0 Å². The molecule has 0 aromatic heterocycles. The van der Waals surface area contributed by atoms with Crippen LogP contribution in [0.2, 0.25) is 0 Å². The van der Waals surface area contributed by atoms with Crippen molar-refractivity contribution in [3.63, 3.8) is 0 Å². The summed E-state index contributed by atoms with van der Waals surface area (Å²) in [5, 5.41) is 3.67. The van der Waals surface area contributed by atoms with Crippen LogP contribution in [0.15, 0.2) is 0 Å². The highest BCUT2D eigenvalue weighted by Crippen LogP contribution is 2.29. The Kier molecular flexibility index (Phi) is 8.04. The summed E-state index contributed by atoms with van der Waals surface area (Å²) in [6.45, 7) is 15.2. The van der Waals surface area contributed by atoms with Crippen LogP contribution in [0.3, 0.4) is 0 Å². The van der Waals surface area contributed by atoms with Crippen LogP contribution >= 0.6 is 0 Å². The van der Waals surface area contributed by atoms with Crippen LogP contribution in [0.4, 0.5) is 0 Å². The van der Waals surface area contributed by atoms with Gasteiger partial charge in [-0.15, -0.1) is 0 Å². The molecule has 0 aromatic carbocycles. The summed E-state index contributed by atoms with van der Waals surface area (Å²) in [5.74, 6) is 0.609. The Morgan fingerprint density at radius 2 is 1.62 bits per heavy atom. The Bertz CT molecular complexity index is 164. The summed E-state index contributed by atoms with van der Waals surface area (Å²) in [4.78, 5) is 0. The summed E-state index contributed by atoms with van der Waals surface area (Å²) >= 11 is 0. The van der Waals surface area contributed by atoms with E-state index in [0.717, 1.165) is 26.0 Å². The first kappa shape index (κ1) is 15.9. The molecule has 2 heteroatoms. The van der Waals surface area contributed by atoms with Crippen LogP contribution in [0, 0.1) is 5.92 Å². The van der Waals surface area contributed by atoms with Crippen molar-refractivity contribution < 1.29 is 4.74 Å². The molecule has 16 heavy (non-hydrogen) atoms. The highest BCUT2D eigenvalue weighted by molar-refractivity contribution is 4.93. The molecular formula is C14H31NO. The first-order chi connectivity index (χ1) is 7.57. The van der Waals surface area contributed by atoms with Crippen molar-refractivity contribution in [1.29, 1.82) is 0 Å². The molecule has 0 bridgehead atoms. The second-order valence-corrected chi connectivity index (χ2v) is 4.88. The Morgan fingerprint density at radius 1 is 1.06 bits per heavy atom. The Labute approximate surface area is 102 Å². The highest BCUT2D eigenvalue weighted by Gasteiger charge is 2.37. The maximum absolute atomic E-state index is 6.09. The normalized spacial score (nSPS) is 14.4. The Morgan fingerprint density at radius 3 is 1.94 bits per heavy atom. The molecule has 0 saturated heterocycles. The molecule has 0 heterocycles. The lowest BCUT2D eigenvalue weighted by atomic mass is 9.81. The monoisotopic (exact) mass is 229 g/mol. The van der Waals surface area contributed by atoms with Crippen molar-refractivity contribution in [2.24, 2.45) is 5.92 Å². The molecule has 1 unspecified atom stereocenters. The number of nitrogens with one attached hydrogen (secondary N) is 1. The second kappa shape index (κ2) is 8.08.